The average molecular weight is 461 g/mol. The molecule has 0 spiro atoms. The third-order valence-corrected chi connectivity index (χ3v) is 6.06. The number of halogens is 1. The van der Waals surface area contributed by atoms with Crippen LogP contribution < -0.4 is 15.6 Å². The Morgan fingerprint density at radius 2 is 1.82 bits per heavy atom. The molecule has 1 aliphatic carbocycles. The highest BCUT2D eigenvalue weighted by Gasteiger charge is 2.36. The van der Waals surface area contributed by atoms with Crippen molar-refractivity contribution < 1.29 is 18.4 Å². The van der Waals surface area contributed by atoms with Crippen LogP contribution in [0.2, 0.25) is 0 Å². The predicted octanol–water partition coefficient (Wildman–Crippen LogP) is 4.37. The lowest BCUT2D eigenvalue weighted by Crippen LogP contribution is -2.48. The molecule has 2 aromatic carbocycles. The number of rotatable bonds is 6. The molecule has 2 amide bonds. The van der Waals surface area contributed by atoms with Gasteiger partial charge in [0.05, 0.1) is 17.0 Å². The topological polar surface area (TPSA) is 103 Å². The molecule has 174 valence electrons. The minimum absolute atomic E-state index is 0.0392. The molecule has 3 aromatic rings. The Kier molecular flexibility index (Phi) is 7.02. The Balaban J connectivity index is 1.86. The van der Waals surface area contributed by atoms with E-state index in [1.165, 1.54) is 18.4 Å². The zero-order chi connectivity index (χ0) is 24.1. The number of carbonyl (C=O) groups is 2. The molecule has 1 aliphatic rings. The Labute approximate surface area is 195 Å². The molecule has 0 aliphatic heterocycles. The van der Waals surface area contributed by atoms with Crippen LogP contribution in [0.5, 0.6) is 0 Å². The van der Waals surface area contributed by atoms with Gasteiger partial charge in [-0.2, -0.15) is 5.26 Å². The first-order valence-corrected chi connectivity index (χ1v) is 11.2. The molecule has 0 radical (unpaired) electrons. The molecule has 1 saturated carbocycles. The van der Waals surface area contributed by atoms with Gasteiger partial charge in [0.2, 0.25) is 11.8 Å². The van der Waals surface area contributed by atoms with E-state index in [1.807, 2.05) is 0 Å². The molecule has 1 atom stereocenters. The van der Waals surface area contributed by atoms with Gasteiger partial charge in [-0.05, 0) is 49.2 Å². The van der Waals surface area contributed by atoms with Gasteiger partial charge in [-0.25, -0.2) is 4.39 Å². The molecule has 34 heavy (non-hydrogen) atoms. The van der Waals surface area contributed by atoms with Gasteiger partial charge in [-0.1, -0.05) is 31.4 Å². The van der Waals surface area contributed by atoms with Crippen molar-refractivity contribution in [2.45, 2.75) is 50.6 Å². The van der Waals surface area contributed by atoms with Crippen molar-refractivity contribution in [2.75, 3.05) is 4.90 Å². The standard InChI is InChI=1S/C26H24FN3O4/c27-17-10-12-19(13-11-17)30(23(31)14-15-28)24(26(33)29-18-6-2-1-3-7-18)21-16-34-22-9-5-4-8-20(22)25(21)32/h4-5,8-13,16,18,24H,1-3,6-7,14H2,(H,29,33). The second-order valence-corrected chi connectivity index (χ2v) is 8.34. The highest BCUT2D eigenvalue weighted by molar-refractivity contribution is 6.02. The van der Waals surface area contributed by atoms with Crippen LogP contribution in [0.4, 0.5) is 10.1 Å². The van der Waals surface area contributed by atoms with Gasteiger partial charge in [0.25, 0.3) is 0 Å². The van der Waals surface area contributed by atoms with E-state index in [9.17, 15) is 24.0 Å². The summed E-state index contributed by atoms with van der Waals surface area (Å²) in [5.74, 6) is -1.76. The summed E-state index contributed by atoms with van der Waals surface area (Å²) in [7, 11) is 0. The van der Waals surface area contributed by atoms with Crippen LogP contribution in [0.1, 0.15) is 50.1 Å². The van der Waals surface area contributed by atoms with E-state index in [2.05, 4.69) is 5.32 Å². The lowest BCUT2D eigenvalue weighted by atomic mass is 9.94. The number of nitriles is 1. The second-order valence-electron chi connectivity index (χ2n) is 8.34. The molecule has 4 rings (SSSR count). The van der Waals surface area contributed by atoms with Crippen LogP contribution in [0.15, 0.2) is 64.0 Å². The highest BCUT2D eigenvalue weighted by atomic mass is 19.1. The fraction of sp³-hybridized carbons (Fsp3) is 0.308. The number of amides is 2. The number of fused-ring (bicyclic) bond motifs is 1. The smallest absolute Gasteiger partial charge is 0.248 e. The van der Waals surface area contributed by atoms with Gasteiger partial charge in [0, 0.05) is 11.7 Å². The van der Waals surface area contributed by atoms with Crippen LogP contribution in [0.25, 0.3) is 11.0 Å². The molecule has 7 nitrogen and oxygen atoms in total. The number of carbonyl (C=O) groups excluding carboxylic acids is 2. The summed E-state index contributed by atoms with van der Waals surface area (Å²) in [6, 6.07) is 11.9. The minimum atomic E-state index is -1.39. The molecule has 8 heteroatoms. The largest absolute Gasteiger partial charge is 0.464 e. The Bertz CT molecular complexity index is 1290. The fourth-order valence-corrected chi connectivity index (χ4v) is 4.40. The number of nitrogens with zero attached hydrogens (tertiary/aromatic N) is 2. The molecule has 1 N–H and O–H groups in total. The van der Waals surface area contributed by atoms with Crippen molar-refractivity contribution in [3.63, 3.8) is 0 Å². The van der Waals surface area contributed by atoms with Gasteiger partial charge >= 0.3 is 0 Å². The predicted molar refractivity (Wildman–Crippen MR) is 124 cm³/mol. The SMILES string of the molecule is N#CCC(=O)N(c1ccc(F)cc1)C(C(=O)NC1CCCCC1)c1coc2ccccc2c1=O. The van der Waals surface area contributed by atoms with Crippen LogP contribution >= 0.6 is 0 Å². The summed E-state index contributed by atoms with van der Waals surface area (Å²) in [5, 5.41) is 12.4. The monoisotopic (exact) mass is 461 g/mol. The molecular weight excluding hydrogens is 437 g/mol. The van der Waals surface area contributed by atoms with Crippen molar-refractivity contribution in [1.82, 2.24) is 5.32 Å². The quantitative estimate of drug-likeness (QED) is 0.587. The average Bonchev–Trinajstić information content (AvgIpc) is 2.85. The third kappa shape index (κ3) is 4.84. The van der Waals surface area contributed by atoms with E-state index in [0.29, 0.717) is 5.58 Å². The Hall–Kier alpha value is -3.99. The lowest BCUT2D eigenvalue weighted by molar-refractivity contribution is -0.127. The van der Waals surface area contributed by atoms with Crippen molar-refractivity contribution >= 4 is 28.5 Å². The minimum Gasteiger partial charge on any atom is -0.464 e. The third-order valence-electron chi connectivity index (χ3n) is 6.06. The molecular formula is C26H24FN3O4. The molecule has 0 bridgehead atoms. The number of benzene rings is 2. The van der Waals surface area contributed by atoms with Crippen LogP contribution in [-0.2, 0) is 9.59 Å². The Morgan fingerprint density at radius 1 is 1.12 bits per heavy atom. The second kappa shape index (κ2) is 10.3. The maximum absolute atomic E-state index is 13.6. The number of anilines is 1. The summed E-state index contributed by atoms with van der Waals surface area (Å²) in [5.41, 5.74) is 0.0440. The van der Waals surface area contributed by atoms with Gasteiger partial charge < -0.3 is 9.73 Å². The highest BCUT2D eigenvalue weighted by Crippen LogP contribution is 2.29. The summed E-state index contributed by atoms with van der Waals surface area (Å²) in [6.07, 6.45) is 5.30. The molecule has 1 fully saturated rings. The summed E-state index contributed by atoms with van der Waals surface area (Å²) in [4.78, 5) is 41.3. The van der Waals surface area contributed by atoms with Crippen LogP contribution in [0, 0.1) is 17.1 Å². The van der Waals surface area contributed by atoms with E-state index < -0.39 is 35.5 Å². The zero-order valence-electron chi connectivity index (χ0n) is 18.5. The first kappa shape index (κ1) is 23.2. The van der Waals surface area contributed by atoms with Crippen molar-refractivity contribution in [1.29, 1.82) is 5.26 Å². The maximum atomic E-state index is 13.6. The van der Waals surface area contributed by atoms with Crippen molar-refractivity contribution in [3.05, 3.63) is 76.4 Å². The van der Waals surface area contributed by atoms with Crippen LogP contribution in [-0.4, -0.2) is 17.9 Å². The van der Waals surface area contributed by atoms with E-state index in [-0.39, 0.29) is 22.7 Å². The van der Waals surface area contributed by atoms with E-state index in [4.69, 9.17) is 4.42 Å². The number of nitrogens with one attached hydrogen (secondary N) is 1. The summed E-state index contributed by atoms with van der Waals surface area (Å²) < 4.78 is 19.3. The molecule has 1 unspecified atom stereocenters. The molecule has 0 saturated heterocycles. The van der Waals surface area contributed by atoms with Crippen molar-refractivity contribution in [3.8, 4) is 6.07 Å². The van der Waals surface area contributed by atoms with Gasteiger partial charge in [0.15, 0.2) is 5.43 Å². The normalized spacial score (nSPS) is 14.8. The summed E-state index contributed by atoms with van der Waals surface area (Å²) in [6.45, 7) is 0. The first-order chi connectivity index (χ1) is 16.5. The van der Waals surface area contributed by atoms with Gasteiger partial charge in [-0.15, -0.1) is 0 Å². The number of hydrogen-bond acceptors (Lipinski definition) is 5. The zero-order valence-corrected chi connectivity index (χ0v) is 18.5. The number of hydrogen-bond donors (Lipinski definition) is 1. The maximum Gasteiger partial charge on any atom is 0.248 e. The lowest BCUT2D eigenvalue weighted by Gasteiger charge is -2.32. The van der Waals surface area contributed by atoms with E-state index >= 15 is 0 Å². The summed E-state index contributed by atoms with van der Waals surface area (Å²) >= 11 is 0. The van der Waals surface area contributed by atoms with Gasteiger partial charge in [-0.3, -0.25) is 19.3 Å². The number of para-hydroxylation sites is 1. The fourth-order valence-electron chi connectivity index (χ4n) is 4.40. The van der Waals surface area contributed by atoms with Crippen molar-refractivity contribution in [2.24, 2.45) is 0 Å². The van der Waals surface area contributed by atoms with Crippen LogP contribution in [0.3, 0.4) is 0 Å². The Morgan fingerprint density at radius 3 is 2.53 bits per heavy atom. The first-order valence-electron chi connectivity index (χ1n) is 11.2. The molecule has 1 heterocycles. The van der Waals surface area contributed by atoms with Gasteiger partial charge in [0.1, 0.15) is 30.1 Å². The van der Waals surface area contributed by atoms with E-state index in [1.54, 1.807) is 30.3 Å². The van der Waals surface area contributed by atoms with E-state index in [0.717, 1.165) is 49.1 Å². The molecule has 1 aromatic heterocycles.